The van der Waals surface area contributed by atoms with Crippen LogP contribution in [-0.2, 0) is 4.79 Å². The van der Waals surface area contributed by atoms with Crippen molar-refractivity contribution < 1.29 is 14.0 Å². The van der Waals surface area contributed by atoms with Crippen molar-refractivity contribution in [3.63, 3.8) is 0 Å². The zero-order valence-corrected chi connectivity index (χ0v) is 7.44. The van der Waals surface area contributed by atoms with E-state index in [0.29, 0.717) is 12.6 Å². The van der Waals surface area contributed by atoms with Crippen LogP contribution in [0.5, 0.6) is 0 Å². The minimum absolute atomic E-state index is 0.215. The van der Waals surface area contributed by atoms with Gasteiger partial charge in [-0.15, -0.1) is 0 Å². The molecule has 14 heavy (non-hydrogen) atoms. The van der Waals surface area contributed by atoms with Crippen LogP contribution in [0.4, 0.5) is 4.39 Å². The number of benzene rings is 1. The molecule has 1 aromatic carbocycles. The summed E-state index contributed by atoms with van der Waals surface area (Å²) >= 11 is 0. The van der Waals surface area contributed by atoms with Gasteiger partial charge < -0.3 is 4.79 Å². The molecule has 0 N–H and O–H groups in total. The number of halogens is 1. The molecule has 0 aliphatic carbocycles. The van der Waals surface area contributed by atoms with Gasteiger partial charge in [0.15, 0.2) is 6.29 Å². The first kappa shape index (κ1) is 10.3. The maximum Gasteiger partial charge on any atom is 0.150 e. The molecule has 0 aliphatic rings. The number of hydrogen-bond acceptors (Lipinski definition) is 2. The lowest BCUT2D eigenvalue weighted by Crippen LogP contribution is -1.90. The Labute approximate surface area is 81.1 Å². The van der Waals surface area contributed by atoms with Gasteiger partial charge in [-0.25, -0.2) is 4.39 Å². The van der Waals surface area contributed by atoms with Gasteiger partial charge in [-0.05, 0) is 6.07 Å². The van der Waals surface area contributed by atoms with Gasteiger partial charge in [0.2, 0.25) is 0 Å². The lowest BCUT2D eigenvalue weighted by atomic mass is 10.1. The van der Waals surface area contributed by atoms with E-state index in [-0.39, 0.29) is 17.5 Å². The second-order valence-electron chi connectivity index (χ2n) is 2.67. The molecular formula is C11H9FO2. The van der Waals surface area contributed by atoms with Crippen molar-refractivity contribution in [2.75, 3.05) is 0 Å². The highest BCUT2D eigenvalue weighted by atomic mass is 19.1. The van der Waals surface area contributed by atoms with E-state index >= 15 is 0 Å². The lowest BCUT2D eigenvalue weighted by molar-refractivity contribution is -0.107. The summed E-state index contributed by atoms with van der Waals surface area (Å²) in [5.41, 5.74) is 0.511. The van der Waals surface area contributed by atoms with Gasteiger partial charge in [0.05, 0.1) is 0 Å². The fourth-order valence-corrected chi connectivity index (χ4v) is 1.07. The normalized spacial score (nSPS) is 10.4. The minimum atomic E-state index is -0.461. The highest BCUT2D eigenvalue weighted by molar-refractivity contribution is 5.82. The number of carbonyl (C=O) groups excluding carboxylic acids is 2. The summed E-state index contributed by atoms with van der Waals surface area (Å²) in [6.45, 7) is 0. The largest absolute Gasteiger partial charge is 0.303 e. The van der Waals surface area contributed by atoms with Gasteiger partial charge in [0.25, 0.3) is 0 Å². The predicted octanol–water partition coefficient (Wildman–Crippen LogP) is 2.24. The summed E-state index contributed by atoms with van der Waals surface area (Å²) in [5.74, 6) is -0.461. The van der Waals surface area contributed by atoms with Gasteiger partial charge in [-0.1, -0.05) is 24.3 Å². The quantitative estimate of drug-likeness (QED) is 0.685. The van der Waals surface area contributed by atoms with Crippen molar-refractivity contribution in [3.8, 4) is 0 Å². The van der Waals surface area contributed by atoms with Gasteiger partial charge >= 0.3 is 0 Å². The van der Waals surface area contributed by atoms with Gasteiger partial charge in [-0.3, -0.25) is 4.79 Å². The summed E-state index contributed by atoms with van der Waals surface area (Å²) in [4.78, 5) is 20.6. The zero-order chi connectivity index (χ0) is 10.4. The van der Waals surface area contributed by atoms with Crippen molar-refractivity contribution >= 4 is 18.6 Å². The van der Waals surface area contributed by atoms with Crippen molar-refractivity contribution in [3.05, 3.63) is 41.2 Å². The Bertz CT molecular complexity index is 370. The van der Waals surface area contributed by atoms with Crippen molar-refractivity contribution in [1.29, 1.82) is 0 Å². The summed E-state index contributed by atoms with van der Waals surface area (Å²) < 4.78 is 13.2. The molecule has 0 aromatic heterocycles. The molecule has 0 unspecified atom stereocenters. The van der Waals surface area contributed by atoms with E-state index in [2.05, 4.69) is 0 Å². The van der Waals surface area contributed by atoms with Gasteiger partial charge in [0.1, 0.15) is 12.1 Å². The molecule has 1 aromatic rings. The molecule has 0 heterocycles. The maximum atomic E-state index is 13.2. The van der Waals surface area contributed by atoms with E-state index in [4.69, 9.17) is 0 Å². The number of hydrogen-bond donors (Lipinski definition) is 0. The van der Waals surface area contributed by atoms with Crippen LogP contribution < -0.4 is 0 Å². The second-order valence-corrected chi connectivity index (χ2v) is 2.67. The Morgan fingerprint density at radius 1 is 1.29 bits per heavy atom. The van der Waals surface area contributed by atoms with E-state index in [1.54, 1.807) is 0 Å². The molecule has 2 nitrogen and oxygen atoms in total. The van der Waals surface area contributed by atoms with Gasteiger partial charge in [0, 0.05) is 17.5 Å². The number of allylic oxidation sites excluding steroid dienone is 1. The second kappa shape index (κ2) is 5.07. The third kappa shape index (κ3) is 2.36. The maximum absolute atomic E-state index is 13.2. The molecule has 0 fully saturated rings. The number of aldehydes is 2. The van der Waals surface area contributed by atoms with Crippen LogP contribution in [0.1, 0.15) is 22.3 Å². The monoisotopic (exact) mass is 192 g/mol. The summed E-state index contributed by atoms with van der Waals surface area (Å²) in [7, 11) is 0. The highest BCUT2D eigenvalue weighted by Crippen LogP contribution is 2.13. The Balaban J connectivity index is 3.04. The van der Waals surface area contributed by atoms with E-state index in [0.717, 1.165) is 0 Å². The molecule has 0 saturated heterocycles. The first-order chi connectivity index (χ1) is 6.79. The smallest absolute Gasteiger partial charge is 0.150 e. The summed E-state index contributed by atoms with van der Waals surface area (Å²) in [6.07, 6.45) is 4.46. The lowest BCUT2D eigenvalue weighted by Gasteiger charge is -1.99. The average molecular weight is 192 g/mol. The average Bonchev–Trinajstić information content (AvgIpc) is 2.20. The van der Waals surface area contributed by atoms with E-state index in [1.807, 2.05) is 0 Å². The van der Waals surface area contributed by atoms with Crippen molar-refractivity contribution in [2.45, 2.75) is 6.42 Å². The molecule has 0 saturated carbocycles. The molecule has 0 bridgehead atoms. The Morgan fingerprint density at radius 2 is 2.07 bits per heavy atom. The number of carbonyl (C=O) groups is 2. The fourth-order valence-electron chi connectivity index (χ4n) is 1.07. The van der Waals surface area contributed by atoms with Crippen LogP contribution in [-0.4, -0.2) is 12.6 Å². The predicted molar refractivity (Wildman–Crippen MR) is 51.5 cm³/mol. The summed E-state index contributed by atoms with van der Waals surface area (Å²) in [5, 5.41) is 0. The van der Waals surface area contributed by atoms with Crippen molar-refractivity contribution in [1.82, 2.24) is 0 Å². The van der Waals surface area contributed by atoms with Crippen LogP contribution in [0.3, 0.4) is 0 Å². The summed E-state index contributed by atoms with van der Waals surface area (Å²) in [6, 6.07) is 4.26. The van der Waals surface area contributed by atoms with E-state index in [9.17, 15) is 14.0 Å². The van der Waals surface area contributed by atoms with Gasteiger partial charge in [-0.2, -0.15) is 0 Å². The first-order valence-corrected chi connectivity index (χ1v) is 4.13. The molecule has 0 aliphatic heterocycles. The molecule has 0 atom stereocenters. The van der Waals surface area contributed by atoms with Crippen LogP contribution >= 0.6 is 0 Å². The van der Waals surface area contributed by atoms with Crippen LogP contribution in [0.25, 0.3) is 6.08 Å². The van der Waals surface area contributed by atoms with Crippen LogP contribution in [0.15, 0.2) is 24.3 Å². The molecule has 0 amide bonds. The minimum Gasteiger partial charge on any atom is -0.303 e. The Kier molecular flexibility index (Phi) is 3.73. The third-order valence-electron chi connectivity index (χ3n) is 1.73. The van der Waals surface area contributed by atoms with Crippen molar-refractivity contribution in [2.24, 2.45) is 0 Å². The van der Waals surface area contributed by atoms with Crippen LogP contribution in [0.2, 0.25) is 0 Å². The molecular weight excluding hydrogens is 183 g/mol. The zero-order valence-electron chi connectivity index (χ0n) is 7.44. The molecule has 0 radical (unpaired) electrons. The standard InChI is InChI=1S/C11H9FO2/c12-11-6-3-4-9(8-14)10(11)5-1-2-7-13/h1,3-8H,2H2. The Hall–Kier alpha value is -1.77. The van der Waals surface area contributed by atoms with E-state index in [1.165, 1.54) is 30.4 Å². The third-order valence-corrected chi connectivity index (χ3v) is 1.73. The molecule has 72 valence electrons. The Morgan fingerprint density at radius 3 is 2.71 bits per heavy atom. The molecule has 3 heteroatoms. The fraction of sp³-hybridized carbons (Fsp3) is 0.0909. The van der Waals surface area contributed by atoms with E-state index < -0.39 is 5.82 Å². The molecule has 0 spiro atoms. The number of rotatable bonds is 4. The topological polar surface area (TPSA) is 34.1 Å². The van der Waals surface area contributed by atoms with Crippen LogP contribution in [0, 0.1) is 5.82 Å². The molecule has 1 rings (SSSR count). The first-order valence-electron chi connectivity index (χ1n) is 4.13. The highest BCUT2D eigenvalue weighted by Gasteiger charge is 2.03. The SMILES string of the molecule is O=CCC=Cc1c(F)cccc1C=O.